The van der Waals surface area contributed by atoms with E-state index in [0.717, 1.165) is 0 Å². The van der Waals surface area contributed by atoms with Gasteiger partial charge in [0.1, 0.15) is 12.4 Å². The largest absolute Gasteiger partial charge is 0.492 e. The van der Waals surface area contributed by atoms with Gasteiger partial charge in [-0.3, -0.25) is 4.68 Å². The van der Waals surface area contributed by atoms with Crippen LogP contribution in [0.1, 0.15) is 0 Å². The molecular formula is C12H17N5O3S. The first kappa shape index (κ1) is 15.4. The Balaban J connectivity index is 1.92. The van der Waals surface area contributed by atoms with Crippen LogP contribution < -0.4 is 15.2 Å². The van der Waals surface area contributed by atoms with E-state index in [1.807, 2.05) is 0 Å². The molecule has 2 rings (SSSR count). The number of sulfonamides is 1. The van der Waals surface area contributed by atoms with E-state index in [0.29, 0.717) is 25.4 Å². The minimum absolute atomic E-state index is 0.182. The van der Waals surface area contributed by atoms with Crippen LogP contribution in [-0.2, 0) is 16.6 Å². The first-order valence-electron chi connectivity index (χ1n) is 6.38. The normalized spacial score (nSPS) is 11.5. The summed E-state index contributed by atoms with van der Waals surface area (Å²) < 4.78 is 33.5. The van der Waals surface area contributed by atoms with Gasteiger partial charge in [-0.1, -0.05) is 5.21 Å². The number of rotatable bonds is 8. The zero-order valence-electron chi connectivity index (χ0n) is 11.3. The van der Waals surface area contributed by atoms with Gasteiger partial charge in [0.15, 0.2) is 0 Å². The molecule has 1 aromatic carbocycles. The van der Waals surface area contributed by atoms with Crippen LogP contribution in [0.25, 0.3) is 0 Å². The molecule has 21 heavy (non-hydrogen) atoms. The molecule has 0 amide bonds. The highest BCUT2D eigenvalue weighted by Crippen LogP contribution is 2.15. The van der Waals surface area contributed by atoms with Crippen molar-refractivity contribution in [2.75, 3.05) is 19.7 Å². The Hall–Kier alpha value is -1.97. The Morgan fingerprint density at radius 3 is 2.67 bits per heavy atom. The molecule has 0 aliphatic carbocycles. The second-order valence-electron chi connectivity index (χ2n) is 4.17. The lowest BCUT2D eigenvalue weighted by Gasteiger charge is -2.08. The molecule has 0 radical (unpaired) electrons. The lowest BCUT2D eigenvalue weighted by Crippen LogP contribution is -2.27. The number of hydrogen-bond donors (Lipinski definition) is 2. The molecule has 0 aliphatic heterocycles. The molecule has 0 saturated heterocycles. The molecule has 1 aromatic heterocycles. The van der Waals surface area contributed by atoms with Crippen LogP contribution in [0.15, 0.2) is 41.6 Å². The molecular weight excluding hydrogens is 294 g/mol. The lowest BCUT2D eigenvalue weighted by atomic mass is 10.3. The van der Waals surface area contributed by atoms with Gasteiger partial charge in [0.05, 0.1) is 17.6 Å². The Bertz CT molecular complexity index is 640. The van der Waals surface area contributed by atoms with E-state index in [2.05, 4.69) is 15.0 Å². The second-order valence-corrected chi connectivity index (χ2v) is 5.94. The molecule has 3 N–H and O–H groups in total. The summed E-state index contributed by atoms with van der Waals surface area (Å²) in [5.41, 5.74) is 5.33. The van der Waals surface area contributed by atoms with E-state index in [1.54, 1.807) is 23.0 Å². The van der Waals surface area contributed by atoms with Crippen LogP contribution in [0, 0.1) is 0 Å². The Labute approximate surface area is 123 Å². The van der Waals surface area contributed by atoms with Crippen molar-refractivity contribution in [3.05, 3.63) is 36.7 Å². The molecule has 8 nitrogen and oxygen atoms in total. The number of benzene rings is 1. The molecule has 0 spiro atoms. The van der Waals surface area contributed by atoms with E-state index in [1.165, 1.54) is 18.3 Å². The van der Waals surface area contributed by atoms with Gasteiger partial charge in [-0.15, -0.1) is 5.10 Å². The lowest BCUT2D eigenvalue weighted by molar-refractivity contribution is 0.328. The summed E-state index contributed by atoms with van der Waals surface area (Å²) in [6.07, 6.45) is 3.20. The third kappa shape index (κ3) is 4.52. The number of aromatic nitrogens is 3. The summed E-state index contributed by atoms with van der Waals surface area (Å²) in [4.78, 5) is 0.182. The van der Waals surface area contributed by atoms with Gasteiger partial charge in [-0.05, 0) is 24.3 Å². The summed E-state index contributed by atoms with van der Waals surface area (Å²) in [5.74, 6) is 0.585. The summed E-state index contributed by atoms with van der Waals surface area (Å²) in [6, 6.07) is 6.18. The van der Waals surface area contributed by atoms with Crippen molar-refractivity contribution < 1.29 is 13.2 Å². The van der Waals surface area contributed by atoms with E-state index in [4.69, 9.17) is 10.5 Å². The molecule has 0 atom stereocenters. The fraction of sp³-hybridized carbons (Fsp3) is 0.333. The fourth-order valence-corrected chi connectivity index (χ4v) is 2.64. The highest BCUT2D eigenvalue weighted by atomic mass is 32.2. The van der Waals surface area contributed by atoms with Crippen molar-refractivity contribution in [1.82, 2.24) is 19.7 Å². The van der Waals surface area contributed by atoms with Gasteiger partial charge < -0.3 is 10.5 Å². The monoisotopic (exact) mass is 311 g/mol. The molecule has 9 heteroatoms. The average Bonchev–Trinajstić information content (AvgIpc) is 2.98. The highest BCUT2D eigenvalue weighted by Gasteiger charge is 2.13. The number of ether oxygens (including phenoxy) is 1. The maximum absolute atomic E-state index is 12.1. The van der Waals surface area contributed by atoms with Crippen LogP contribution in [0.5, 0.6) is 5.75 Å². The predicted octanol–water partition coefficient (Wildman–Crippen LogP) is -0.406. The summed E-state index contributed by atoms with van der Waals surface area (Å²) >= 11 is 0. The second kappa shape index (κ2) is 7.16. The number of nitrogens with two attached hydrogens (primary N) is 1. The third-order valence-electron chi connectivity index (χ3n) is 2.63. The molecule has 2 aromatic rings. The van der Waals surface area contributed by atoms with Crippen molar-refractivity contribution in [2.45, 2.75) is 11.4 Å². The zero-order valence-corrected chi connectivity index (χ0v) is 12.2. The van der Waals surface area contributed by atoms with Crippen molar-refractivity contribution in [1.29, 1.82) is 0 Å². The van der Waals surface area contributed by atoms with Gasteiger partial charge in [0, 0.05) is 19.3 Å². The van der Waals surface area contributed by atoms with Crippen molar-refractivity contribution >= 4 is 10.0 Å². The topological polar surface area (TPSA) is 112 Å². The zero-order chi connectivity index (χ0) is 15.1. The maximum Gasteiger partial charge on any atom is 0.240 e. The summed E-state index contributed by atoms with van der Waals surface area (Å²) in [6.45, 7) is 1.44. The molecule has 0 unspecified atom stereocenters. The number of hydrogen-bond acceptors (Lipinski definition) is 6. The number of nitrogens with one attached hydrogen (secondary N) is 1. The van der Waals surface area contributed by atoms with Gasteiger partial charge in [0.25, 0.3) is 0 Å². The molecule has 1 heterocycles. The van der Waals surface area contributed by atoms with Crippen molar-refractivity contribution in [3.63, 3.8) is 0 Å². The van der Waals surface area contributed by atoms with E-state index in [9.17, 15) is 8.42 Å². The first-order chi connectivity index (χ1) is 10.1. The average molecular weight is 311 g/mol. The quantitative estimate of drug-likeness (QED) is 0.685. The molecule has 0 saturated carbocycles. The smallest absolute Gasteiger partial charge is 0.240 e. The fourth-order valence-electron chi connectivity index (χ4n) is 1.62. The van der Waals surface area contributed by atoms with E-state index < -0.39 is 10.0 Å². The van der Waals surface area contributed by atoms with E-state index in [-0.39, 0.29) is 11.4 Å². The van der Waals surface area contributed by atoms with Gasteiger partial charge in [-0.25, -0.2) is 13.1 Å². The molecule has 0 bridgehead atoms. The van der Waals surface area contributed by atoms with Gasteiger partial charge >= 0.3 is 0 Å². The number of nitrogens with zero attached hydrogens (tertiary/aromatic N) is 3. The van der Waals surface area contributed by atoms with Gasteiger partial charge in [-0.2, -0.15) is 0 Å². The SMILES string of the molecule is NCCOc1ccc(S(=O)(=O)NCCn2ccnn2)cc1. The minimum atomic E-state index is -3.54. The van der Waals surface area contributed by atoms with Gasteiger partial charge in [0.2, 0.25) is 10.0 Å². The highest BCUT2D eigenvalue weighted by molar-refractivity contribution is 7.89. The Morgan fingerprint density at radius 2 is 2.05 bits per heavy atom. The first-order valence-corrected chi connectivity index (χ1v) is 7.87. The third-order valence-corrected chi connectivity index (χ3v) is 4.10. The standard InChI is InChI=1S/C12H17N5O3S/c13-5-10-20-11-1-3-12(4-2-11)21(18,19)15-7-9-17-8-6-14-16-17/h1-4,6,8,15H,5,7,9-10,13H2. The summed E-state index contributed by atoms with van der Waals surface area (Å²) in [5, 5.41) is 7.40. The molecule has 114 valence electrons. The molecule has 0 fully saturated rings. The molecule has 0 aliphatic rings. The van der Waals surface area contributed by atoms with Crippen LogP contribution in [-0.4, -0.2) is 43.1 Å². The van der Waals surface area contributed by atoms with Crippen molar-refractivity contribution in [3.8, 4) is 5.75 Å². The predicted molar refractivity (Wildman–Crippen MR) is 76.2 cm³/mol. The summed E-state index contributed by atoms with van der Waals surface area (Å²) in [7, 11) is -3.54. The van der Waals surface area contributed by atoms with Crippen molar-refractivity contribution in [2.24, 2.45) is 5.73 Å². The van der Waals surface area contributed by atoms with Crippen LogP contribution in [0.3, 0.4) is 0 Å². The Morgan fingerprint density at radius 1 is 1.29 bits per heavy atom. The van der Waals surface area contributed by atoms with E-state index >= 15 is 0 Å². The van der Waals surface area contributed by atoms with Crippen LogP contribution in [0.4, 0.5) is 0 Å². The minimum Gasteiger partial charge on any atom is -0.492 e. The van der Waals surface area contributed by atoms with Crippen LogP contribution in [0.2, 0.25) is 0 Å². The maximum atomic E-state index is 12.1. The Kier molecular flexibility index (Phi) is 5.26. The van der Waals surface area contributed by atoms with Crippen LogP contribution >= 0.6 is 0 Å².